The Kier molecular flexibility index (Phi) is 7.72. The van der Waals surface area contributed by atoms with Crippen molar-refractivity contribution in [2.75, 3.05) is 0 Å². The van der Waals surface area contributed by atoms with Gasteiger partial charge in [-0.3, -0.25) is 0 Å². The summed E-state index contributed by atoms with van der Waals surface area (Å²) in [5, 5.41) is 4.79. The van der Waals surface area contributed by atoms with E-state index in [2.05, 4.69) is 171 Å². The second-order valence-corrected chi connectivity index (χ2v) is 14.4. The van der Waals surface area contributed by atoms with Crippen molar-refractivity contribution in [2.45, 2.75) is 32.1 Å². The number of fused-ring (bicyclic) bond motifs is 7. The molecule has 1 aliphatic heterocycles. The van der Waals surface area contributed by atoms with E-state index in [1.54, 1.807) is 0 Å². The van der Waals surface area contributed by atoms with E-state index < -0.39 is 0 Å². The van der Waals surface area contributed by atoms with Gasteiger partial charge in [-0.05, 0) is 81.6 Å². The third kappa shape index (κ3) is 5.52. The molecule has 0 saturated heterocycles. The van der Waals surface area contributed by atoms with Crippen LogP contribution < -0.4 is 0 Å². The second kappa shape index (κ2) is 13.0. The number of hydrogen-bond donors (Lipinski definition) is 0. The summed E-state index contributed by atoms with van der Waals surface area (Å²) in [6.45, 7) is 2.28. The molecule has 0 amide bonds. The number of hydrogen-bond acceptors (Lipinski definition) is 3. The molecule has 8 aromatic rings. The van der Waals surface area contributed by atoms with Crippen LogP contribution in [0.3, 0.4) is 0 Å². The number of benzene rings is 7. The lowest BCUT2D eigenvalue weighted by molar-refractivity contribution is 0.668. The summed E-state index contributed by atoms with van der Waals surface area (Å²) < 4.78 is 6.58. The molecule has 2 aliphatic rings. The quantitative estimate of drug-likeness (QED) is 0.182. The molecular weight excluding hydrogens is 645 g/mol. The zero-order valence-electron chi connectivity index (χ0n) is 29.7. The van der Waals surface area contributed by atoms with Gasteiger partial charge in [-0.1, -0.05) is 153 Å². The van der Waals surface area contributed by atoms with Crippen molar-refractivity contribution in [1.29, 1.82) is 0 Å². The number of aryl methyl sites for hydroxylation is 1. The van der Waals surface area contributed by atoms with Gasteiger partial charge in [0.25, 0.3) is 0 Å². The summed E-state index contributed by atoms with van der Waals surface area (Å²) in [4.78, 5) is 11.0. The Balaban J connectivity index is 1.23. The Hall–Kier alpha value is -6.32. The molecule has 2 heterocycles. The summed E-state index contributed by atoms with van der Waals surface area (Å²) >= 11 is 0. The highest BCUT2D eigenvalue weighted by Crippen LogP contribution is 2.47. The van der Waals surface area contributed by atoms with Crippen molar-refractivity contribution >= 4 is 50.0 Å². The highest BCUT2D eigenvalue weighted by atomic mass is 16.3. The molecule has 0 radical (unpaired) electrons. The van der Waals surface area contributed by atoms with Crippen LogP contribution in [0.4, 0.5) is 0 Å². The summed E-state index contributed by atoms with van der Waals surface area (Å²) in [5.74, 6) is 1.03. The van der Waals surface area contributed by atoms with Gasteiger partial charge >= 0.3 is 0 Å². The van der Waals surface area contributed by atoms with Gasteiger partial charge in [0.2, 0.25) is 0 Å². The molecule has 53 heavy (non-hydrogen) atoms. The van der Waals surface area contributed by atoms with Gasteiger partial charge < -0.3 is 4.42 Å². The van der Waals surface area contributed by atoms with Crippen molar-refractivity contribution in [3.05, 3.63) is 197 Å². The largest absolute Gasteiger partial charge is 0.456 e. The standard InChI is InChI=1S/C50H38N2O/c1-32-24-28-44(51-50(34-16-6-3-7-17-34)52-49(32)33-14-4-2-5-15-33)47-41(27-29-46-48(47)42-22-12-13-23-45(42)53-46)40-26-25-37-30-35-18-8-9-19-36(35)31-43(37)39-21-11-10-20-38(39)40/h2-23,27-32,40H,24-26H2,1H3/b44-28+,51-50-,52-49+. The molecule has 3 nitrogen and oxygen atoms in total. The second-order valence-electron chi connectivity index (χ2n) is 14.4. The fraction of sp³-hybridized carbons (Fsp3) is 0.120. The molecule has 1 aliphatic carbocycles. The first-order valence-corrected chi connectivity index (χ1v) is 18.7. The maximum absolute atomic E-state index is 6.58. The maximum Gasteiger partial charge on any atom is 0.160 e. The highest BCUT2D eigenvalue weighted by Gasteiger charge is 2.29. The average molecular weight is 683 g/mol. The van der Waals surface area contributed by atoms with Crippen LogP contribution in [0.25, 0.3) is 49.5 Å². The average Bonchev–Trinajstić information content (AvgIpc) is 3.51. The van der Waals surface area contributed by atoms with E-state index in [-0.39, 0.29) is 11.8 Å². The molecule has 3 heteroatoms. The Morgan fingerprint density at radius 2 is 1.28 bits per heavy atom. The lowest BCUT2D eigenvalue weighted by Gasteiger charge is -2.24. The molecule has 2 unspecified atom stereocenters. The molecule has 0 spiro atoms. The Morgan fingerprint density at radius 1 is 0.585 bits per heavy atom. The summed E-state index contributed by atoms with van der Waals surface area (Å²) in [6, 6.07) is 56.5. The molecule has 1 aromatic heterocycles. The molecule has 0 fully saturated rings. The Labute approximate surface area is 309 Å². The number of allylic oxidation sites excluding steroid dienone is 1. The van der Waals surface area contributed by atoms with Gasteiger partial charge in [0.15, 0.2) is 5.84 Å². The van der Waals surface area contributed by atoms with Crippen LogP contribution in [-0.4, -0.2) is 11.5 Å². The van der Waals surface area contributed by atoms with Crippen LogP contribution >= 0.6 is 0 Å². The molecule has 254 valence electrons. The number of amidine groups is 1. The first kappa shape index (κ1) is 31.4. The zero-order chi connectivity index (χ0) is 35.3. The van der Waals surface area contributed by atoms with Crippen LogP contribution in [-0.2, 0) is 6.42 Å². The Bertz CT molecular complexity index is 2770. The molecule has 0 saturated carbocycles. The lowest BCUT2D eigenvalue weighted by Crippen LogP contribution is -2.17. The summed E-state index contributed by atoms with van der Waals surface area (Å²) in [5.41, 5.74) is 13.7. The Morgan fingerprint density at radius 3 is 2.11 bits per heavy atom. The van der Waals surface area contributed by atoms with E-state index in [1.807, 2.05) is 0 Å². The minimum atomic E-state index is 0.136. The monoisotopic (exact) mass is 682 g/mol. The van der Waals surface area contributed by atoms with Crippen LogP contribution in [0.5, 0.6) is 0 Å². The topological polar surface area (TPSA) is 37.9 Å². The van der Waals surface area contributed by atoms with E-state index in [0.29, 0.717) is 0 Å². The predicted octanol–water partition coefficient (Wildman–Crippen LogP) is 12.8. The van der Waals surface area contributed by atoms with E-state index >= 15 is 0 Å². The number of aliphatic imine (C=N–C) groups is 2. The third-order valence-corrected chi connectivity index (χ3v) is 11.2. The van der Waals surface area contributed by atoms with Crippen molar-refractivity contribution in [3.63, 3.8) is 0 Å². The van der Waals surface area contributed by atoms with Crippen molar-refractivity contribution < 1.29 is 4.42 Å². The smallest absolute Gasteiger partial charge is 0.160 e. The first-order chi connectivity index (χ1) is 26.2. The van der Waals surface area contributed by atoms with Gasteiger partial charge in [-0.15, -0.1) is 0 Å². The highest BCUT2D eigenvalue weighted by molar-refractivity contribution is 6.16. The minimum Gasteiger partial charge on any atom is -0.456 e. The normalized spacial score (nSPS) is 20.2. The zero-order valence-corrected chi connectivity index (χ0v) is 29.7. The third-order valence-electron chi connectivity index (χ3n) is 11.2. The van der Waals surface area contributed by atoms with Gasteiger partial charge in [-0.25, -0.2) is 9.98 Å². The minimum absolute atomic E-state index is 0.136. The van der Waals surface area contributed by atoms with Gasteiger partial charge in [0, 0.05) is 33.7 Å². The molecular formula is C50H38N2O. The van der Waals surface area contributed by atoms with E-state index in [1.165, 1.54) is 38.6 Å². The summed E-state index contributed by atoms with van der Waals surface area (Å²) in [7, 11) is 0. The number of nitrogens with zero attached hydrogens (tertiary/aromatic N) is 2. The van der Waals surface area contributed by atoms with Crippen LogP contribution in [0.1, 0.15) is 59.1 Å². The fourth-order valence-corrected chi connectivity index (χ4v) is 8.61. The van der Waals surface area contributed by atoms with Gasteiger partial charge in [-0.2, -0.15) is 0 Å². The van der Waals surface area contributed by atoms with Crippen LogP contribution in [0.15, 0.2) is 178 Å². The van der Waals surface area contributed by atoms with E-state index in [9.17, 15) is 0 Å². The van der Waals surface area contributed by atoms with Crippen molar-refractivity contribution in [1.82, 2.24) is 0 Å². The molecule has 10 rings (SSSR count). The molecule has 0 N–H and O–H groups in total. The van der Waals surface area contributed by atoms with E-state index in [4.69, 9.17) is 14.4 Å². The van der Waals surface area contributed by atoms with Crippen LogP contribution in [0.2, 0.25) is 0 Å². The SMILES string of the molecule is CC1C/C=C(c2c(C3CCc4cc5ccccc5cc4-c4ccccc43)ccc3oc4ccccc4c23)/N=C(c2ccccc2)\N=C/1c1ccccc1. The molecule has 2 atom stereocenters. The first-order valence-electron chi connectivity index (χ1n) is 18.7. The van der Waals surface area contributed by atoms with Gasteiger partial charge in [0.05, 0.1) is 11.4 Å². The molecule has 7 aromatic carbocycles. The number of furan rings is 1. The fourth-order valence-electron chi connectivity index (χ4n) is 8.61. The molecule has 0 bridgehead atoms. The van der Waals surface area contributed by atoms with E-state index in [0.717, 1.165) is 75.1 Å². The number of rotatable bonds is 4. The number of para-hydroxylation sites is 1. The predicted molar refractivity (Wildman–Crippen MR) is 221 cm³/mol. The lowest BCUT2D eigenvalue weighted by atomic mass is 9.81. The van der Waals surface area contributed by atoms with Crippen LogP contribution in [0, 0.1) is 5.92 Å². The van der Waals surface area contributed by atoms with Crippen molar-refractivity contribution in [3.8, 4) is 11.1 Å². The van der Waals surface area contributed by atoms with Crippen molar-refractivity contribution in [2.24, 2.45) is 15.9 Å². The summed E-state index contributed by atoms with van der Waals surface area (Å²) in [6.07, 6.45) is 5.11. The maximum atomic E-state index is 6.58. The van der Waals surface area contributed by atoms with Gasteiger partial charge in [0.1, 0.15) is 11.2 Å².